The van der Waals surface area contributed by atoms with E-state index in [1.54, 1.807) is 46.5 Å². The molecule has 0 atom stereocenters. The third-order valence-electron chi connectivity index (χ3n) is 9.08. The molecular formula is C40H47N7O5. The van der Waals surface area contributed by atoms with Crippen LogP contribution in [-0.4, -0.2) is 83.4 Å². The number of aromatic nitrogens is 2. The first-order valence-electron chi connectivity index (χ1n) is 17.8. The number of Topliss-reactive ketones (excluding diaryl/α,β-unsaturated/α-hetero) is 1. The molecule has 52 heavy (non-hydrogen) atoms. The van der Waals surface area contributed by atoms with Crippen LogP contribution in [0.25, 0.3) is 0 Å². The van der Waals surface area contributed by atoms with Gasteiger partial charge in [0.1, 0.15) is 11.6 Å². The molecule has 6 rings (SSSR count). The molecule has 0 spiro atoms. The Labute approximate surface area is 305 Å². The first kappa shape index (κ1) is 37.6. The Morgan fingerprint density at radius 2 is 1.04 bits per heavy atom. The molecule has 2 saturated heterocycles. The molecule has 2 fully saturated rings. The summed E-state index contributed by atoms with van der Waals surface area (Å²) >= 11 is 0. The maximum absolute atomic E-state index is 13.1. The third-order valence-corrected chi connectivity index (χ3v) is 9.08. The van der Waals surface area contributed by atoms with Gasteiger partial charge in [-0.2, -0.15) is 0 Å². The van der Waals surface area contributed by atoms with Crippen LogP contribution in [-0.2, 0) is 17.8 Å². The number of rotatable bonds is 9. The molecule has 4 heterocycles. The molecule has 0 bridgehead atoms. The van der Waals surface area contributed by atoms with Gasteiger partial charge in [-0.15, -0.1) is 0 Å². The normalized spacial score (nSPS) is 14.0. The molecule has 2 aromatic heterocycles. The standard InChI is InChI=1S/C20H24N4O2.C20H23N3O3/c21-14-18(25)17-9-7-16(8-10-17)15-24(19-6-2-3-11-22-19)20(26)23-12-4-1-5-13-23;1-26-19(24)17-10-8-16(9-11-17)15-23(18-7-3-4-12-21-18)20(25)22-13-5-2-6-14-22/h2-3,6-11H,1,4-5,12-15,21H2;3-4,7-12H,2,5-6,13-15H2,1H3. The van der Waals surface area contributed by atoms with Crippen LogP contribution in [0.15, 0.2) is 97.3 Å². The third kappa shape index (κ3) is 10.2. The molecule has 12 nitrogen and oxygen atoms in total. The second kappa shape index (κ2) is 19.1. The van der Waals surface area contributed by atoms with E-state index in [0.717, 1.165) is 63.0 Å². The number of nitrogens with zero attached hydrogens (tertiary/aromatic N) is 6. The lowest BCUT2D eigenvalue weighted by molar-refractivity contribution is 0.0600. The molecule has 0 saturated carbocycles. The van der Waals surface area contributed by atoms with Crippen LogP contribution in [0, 0.1) is 0 Å². The van der Waals surface area contributed by atoms with Crippen molar-refractivity contribution in [2.45, 2.75) is 51.6 Å². The van der Waals surface area contributed by atoms with Crippen LogP contribution >= 0.6 is 0 Å². The number of esters is 1. The highest BCUT2D eigenvalue weighted by Crippen LogP contribution is 2.21. The molecule has 4 aromatic rings. The fourth-order valence-corrected chi connectivity index (χ4v) is 6.18. The molecule has 2 aliphatic heterocycles. The van der Waals surface area contributed by atoms with Gasteiger partial charge in [0.15, 0.2) is 5.78 Å². The summed E-state index contributed by atoms with van der Waals surface area (Å²) in [6.07, 6.45) is 9.87. The van der Waals surface area contributed by atoms with Crippen molar-refractivity contribution in [3.63, 3.8) is 0 Å². The number of carbonyl (C=O) groups is 4. The van der Waals surface area contributed by atoms with Gasteiger partial charge in [0.2, 0.25) is 0 Å². The molecule has 2 aromatic carbocycles. The van der Waals surface area contributed by atoms with Crippen molar-refractivity contribution in [3.8, 4) is 0 Å². The summed E-state index contributed by atoms with van der Waals surface area (Å²) in [6.45, 7) is 3.93. The zero-order valence-corrected chi connectivity index (χ0v) is 29.7. The Morgan fingerprint density at radius 1 is 0.615 bits per heavy atom. The Kier molecular flexibility index (Phi) is 13.8. The van der Waals surface area contributed by atoms with E-state index < -0.39 is 0 Å². The van der Waals surface area contributed by atoms with Gasteiger partial charge in [-0.3, -0.25) is 14.6 Å². The van der Waals surface area contributed by atoms with Crippen LogP contribution in [0.3, 0.4) is 0 Å². The summed E-state index contributed by atoms with van der Waals surface area (Å²) in [7, 11) is 1.36. The number of carbonyl (C=O) groups excluding carboxylic acids is 4. The Bertz CT molecular complexity index is 1610. The number of urea groups is 2. The molecular weight excluding hydrogens is 658 g/mol. The SMILES string of the molecule is COC(=O)c1ccc(CN(C(=O)N2CCCCC2)c2ccccn2)cc1.NCC(=O)c1ccc(CN(C(=O)N2CCCCC2)c2ccccn2)cc1. The number of hydrogen-bond donors (Lipinski definition) is 1. The smallest absolute Gasteiger partial charge is 0.337 e. The number of methoxy groups -OCH3 is 1. The number of amides is 4. The van der Waals surface area contributed by atoms with Gasteiger partial charge >= 0.3 is 18.0 Å². The van der Waals surface area contributed by atoms with E-state index in [9.17, 15) is 19.2 Å². The molecule has 0 aliphatic carbocycles. The highest BCUT2D eigenvalue weighted by atomic mass is 16.5. The van der Waals surface area contributed by atoms with E-state index in [1.807, 2.05) is 70.5 Å². The fourth-order valence-electron chi connectivity index (χ4n) is 6.18. The number of benzene rings is 2. The zero-order chi connectivity index (χ0) is 36.7. The van der Waals surface area contributed by atoms with Crippen LogP contribution in [0.2, 0.25) is 0 Å². The van der Waals surface area contributed by atoms with E-state index >= 15 is 0 Å². The van der Waals surface area contributed by atoms with E-state index in [0.29, 0.717) is 35.9 Å². The molecule has 0 unspecified atom stereocenters. The monoisotopic (exact) mass is 705 g/mol. The second-order valence-corrected chi connectivity index (χ2v) is 12.7. The number of ether oxygens (including phenoxy) is 1. The summed E-state index contributed by atoms with van der Waals surface area (Å²) in [4.78, 5) is 65.3. The summed E-state index contributed by atoms with van der Waals surface area (Å²) in [5.74, 6) is 0.787. The van der Waals surface area contributed by atoms with Gasteiger partial charge < -0.3 is 20.3 Å². The van der Waals surface area contributed by atoms with Crippen molar-refractivity contribution in [2.24, 2.45) is 5.73 Å². The van der Waals surface area contributed by atoms with Gasteiger partial charge in [-0.1, -0.05) is 48.5 Å². The number of likely N-dealkylation sites (tertiary alicyclic amines) is 2. The highest BCUT2D eigenvalue weighted by molar-refractivity contribution is 5.97. The van der Waals surface area contributed by atoms with E-state index in [-0.39, 0.29) is 30.4 Å². The van der Waals surface area contributed by atoms with Crippen molar-refractivity contribution in [2.75, 3.05) is 49.6 Å². The van der Waals surface area contributed by atoms with Crippen LogP contribution in [0.5, 0.6) is 0 Å². The van der Waals surface area contributed by atoms with E-state index in [2.05, 4.69) is 9.97 Å². The maximum Gasteiger partial charge on any atom is 0.337 e. The Hall–Kier alpha value is -5.62. The largest absolute Gasteiger partial charge is 0.465 e. The minimum atomic E-state index is -0.373. The van der Waals surface area contributed by atoms with Crippen LogP contribution in [0.1, 0.15) is 70.4 Å². The first-order chi connectivity index (χ1) is 25.4. The van der Waals surface area contributed by atoms with E-state index in [1.165, 1.54) is 20.0 Å². The predicted octanol–water partition coefficient (Wildman–Crippen LogP) is 6.32. The molecule has 2 aliphatic rings. The number of pyridine rings is 2. The number of nitrogens with two attached hydrogens (primary N) is 1. The molecule has 12 heteroatoms. The van der Waals surface area contributed by atoms with Crippen molar-refractivity contribution >= 4 is 35.5 Å². The van der Waals surface area contributed by atoms with Crippen molar-refractivity contribution in [1.82, 2.24) is 19.8 Å². The molecule has 272 valence electrons. The lowest BCUT2D eigenvalue weighted by Crippen LogP contribution is -2.45. The topological polar surface area (TPSA) is 142 Å². The minimum absolute atomic E-state index is 0.00709. The van der Waals surface area contributed by atoms with Crippen molar-refractivity contribution in [1.29, 1.82) is 0 Å². The predicted molar refractivity (Wildman–Crippen MR) is 200 cm³/mol. The summed E-state index contributed by atoms with van der Waals surface area (Å²) in [5, 5.41) is 0. The van der Waals surface area contributed by atoms with Gasteiger partial charge in [0.25, 0.3) is 0 Å². The quantitative estimate of drug-likeness (QED) is 0.158. The van der Waals surface area contributed by atoms with Gasteiger partial charge in [0.05, 0.1) is 32.3 Å². The average Bonchev–Trinajstić information content (AvgIpc) is 3.22. The second-order valence-electron chi connectivity index (χ2n) is 12.7. The van der Waals surface area contributed by atoms with Crippen molar-refractivity contribution in [3.05, 3.63) is 120 Å². The molecule has 2 N–H and O–H groups in total. The zero-order valence-electron chi connectivity index (χ0n) is 29.7. The van der Waals surface area contributed by atoms with Crippen LogP contribution in [0.4, 0.5) is 21.2 Å². The van der Waals surface area contributed by atoms with E-state index in [4.69, 9.17) is 10.5 Å². The number of ketones is 1. The lowest BCUT2D eigenvalue weighted by atomic mass is 10.1. The Morgan fingerprint density at radius 3 is 1.40 bits per heavy atom. The number of piperidine rings is 2. The summed E-state index contributed by atoms with van der Waals surface area (Å²) in [5.41, 5.74) is 8.34. The number of hydrogen-bond acceptors (Lipinski definition) is 8. The summed E-state index contributed by atoms with van der Waals surface area (Å²) < 4.78 is 4.72. The van der Waals surface area contributed by atoms with Crippen LogP contribution < -0.4 is 15.5 Å². The Balaban J connectivity index is 0.000000201. The minimum Gasteiger partial charge on any atom is -0.465 e. The molecule has 0 radical (unpaired) electrons. The maximum atomic E-state index is 13.1. The fraction of sp³-hybridized carbons (Fsp3) is 0.350. The summed E-state index contributed by atoms with van der Waals surface area (Å²) in [6, 6.07) is 25.4. The molecule has 4 amide bonds. The lowest BCUT2D eigenvalue weighted by Gasteiger charge is -2.32. The van der Waals surface area contributed by atoms with Crippen molar-refractivity contribution < 1.29 is 23.9 Å². The number of anilines is 2. The average molecular weight is 706 g/mol. The van der Waals surface area contributed by atoms with Gasteiger partial charge in [-0.25, -0.2) is 24.4 Å². The first-order valence-corrected chi connectivity index (χ1v) is 17.8. The van der Waals surface area contributed by atoms with Gasteiger partial charge in [-0.05, 0) is 86.1 Å². The van der Waals surface area contributed by atoms with Gasteiger partial charge in [0, 0.05) is 44.1 Å². The highest BCUT2D eigenvalue weighted by Gasteiger charge is 2.26.